The first kappa shape index (κ1) is 11.8. The second-order valence-corrected chi connectivity index (χ2v) is 4.60. The summed E-state index contributed by atoms with van der Waals surface area (Å²) >= 11 is 0. The maximum absolute atomic E-state index is 13.5. The highest BCUT2D eigenvalue weighted by atomic mass is 19.2. The van der Waals surface area contributed by atoms with E-state index >= 15 is 0 Å². The van der Waals surface area contributed by atoms with E-state index in [-0.39, 0.29) is 23.2 Å². The topological polar surface area (TPSA) is 41.1 Å². The third kappa shape index (κ3) is 2.23. The van der Waals surface area contributed by atoms with E-state index in [2.05, 4.69) is 10.6 Å². The molecule has 1 aromatic rings. The van der Waals surface area contributed by atoms with Gasteiger partial charge in [0.2, 0.25) is 5.91 Å². The van der Waals surface area contributed by atoms with Crippen molar-refractivity contribution in [2.45, 2.75) is 26.3 Å². The zero-order valence-electron chi connectivity index (χ0n) is 9.68. The van der Waals surface area contributed by atoms with Crippen molar-refractivity contribution in [2.75, 3.05) is 10.6 Å². The smallest absolute Gasteiger partial charge is 0.246 e. The minimum Gasteiger partial charge on any atom is -0.369 e. The lowest BCUT2D eigenvalue weighted by Crippen LogP contribution is -2.40. The van der Waals surface area contributed by atoms with Crippen molar-refractivity contribution in [3.63, 3.8) is 0 Å². The molecule has 1 amide bonds. The lowest BCUT2D eigenvalue weighted by atomic mass is 10.0. The molecule has 0 aromatic heterocycles. The molecule has 1 heterocycles. The summed E-state index contributed by atoms with van der Waals surface area (Å²) in [5, 5.41) is 5.34. The molecule has 1 aromatic carbocycles. The second-order valence-electron chi connectivity index (χ2n) is 4.60. The fraction of sp³-hybridized carbons (Fsp3) is 0.417. The van der Waals surface area contributed by atoms with Crippen LogP contribution in [-0.2, 0) is 4.79 Å². The van der Waals surface area contributed by atoms with Crippen molar-refractivity contribution in [2.24, 2.45) is 5.92 Å². The fourth-order valence-corrected chi connectivity index (χ4v) is 1.89. The monoisotopic (exact) mass is 240 g/mol. The standard InChI is InChI=1S/C12H14F2N2O/c1-6(2)5-9-12(17)16-8-4-3-7(13)10(14)11(8)15-9/h3-4,6,9,15H,5H2,1-2H3,(H,16,17). The van der Waals surface area contributed by atoms with Gasteiger partial charge < -0.3 is 10.6 Å². The van der Waals surface area contributed by atoms with Crippen LogP contribution in [0, 0.1) is 17.6 Å². The van der Waals surface area contributed by atoms with Crippen molar-refractivity contribution in [3.05, 3.63) is 23.8 Å². The van der Waals surface area contributed by atoms with E-state index in [9.17, 15) is 13.6 Å². The Morgan fingerprint density at radius 2 is 2.06 bits per heavy atom. The van der Waals surface area contributed by atoms with Crippen LogP contribution in [0.2, 0.25) is 0 Å². The van der Waals surface area contributed by atoms with E-state index in [0.29, 0.717) is 6.42 Å². The van der Waals surface area contributed by atoms with Crippen LogP contribution in [0.5, 0.6) is 0 Å². The van der Waals surface area contributed by atoms with Crippen molar-refractivity contribution < 1.29 is 13.6 Å². The molecule has 0 fully saturated rings. The molecule has 1 aliphatic heterocycles. The molecule has 92 valence electrons. The summed E-state index contributed by atoms with van der Waals surface area (Å²) in [5.41, 5.74) is 0.323. The van der Waals surface area contributed by atoms with E-state index in [1.807, 2.05) is 13.8 Å². The lowest BCUT2D eigenvalue weighted by molar-refractivity contribution is -0.117. The van der Waals surface area contributed by atoms with Gasteiger partial charge in [0.1, 0.15) is 6.04 Å². The molecule has 0 radical (unpaired) electrons. The van der Waals surface area contributed by atoms with Crippen LogP contribution in [0.1, 0.15) is 20.3 Å². The molecule has 0 bridgehead atoms. The zero-order valence-corrected chi connectivity index (χ0v) is 9.68. The minimum atomic E-state index is -0.948. The first-order chi connectivity index (χ1) is 7.99. The average molecular weight is 240 g/mol. The number of fused-ring (bicyclic) bond motifs is 1. The molecule has 2 rings (SSSR count). The Bertz CT molecular complexity index is 460. The van der Waals surface area contributed by atoms with Gasteiger partial charge >= 0.3 is 0 Å². The van der Waals surface area contributed by atoms with Gasteiger partial charge in [-0.15, -0.1) is 0 Å². The van der Waals surface area contributed by atoms with E-state index in [4.69, 9.17) is 0 Å². The van der Waals surface area contributed by atoms with Crippen LogP contribution in [0.3, 0.4) is 0 Å². The van der Waals surface area contributed by atoms with E-state index < -0.39 is 17.7 Å². The third-order valence-electron chi connectivity index (χ3n) is 2.69. The Morgan fingerprint density at radius 1 is 1.35 bits per heavy atom. The Morgan fingerprint density at radius 3 is 2.71 bits per heavy atom. The Labute approximate surface area is 98.2 Å². The number of anilines is 2. The van der Waals surface area contributed by atoms with Gasteiger partial charge in [-0.25, -0.2) is 8.78 Å². The molecule has 3 nitrogen and oxygen atoms in total. The lowest BCUT2D eigenvalue weighted by Gasteiger charge is -2.28. The van der Waals surface area contributed by atoms with Crippen molar-refractivity contribution in [1.82, 2.24) is 0 Å². The van der Waals surface area contributed by atoms with Crippen LogP contribution >= 0.6 is 0 Å². The number of hydrogen-bond donors (Lipinski definition) is 2. The van der Waals surface area contributed by atoms with Gasteiger partial charge in [0.25, 0.3) is 0 Å². The largest absolute Gasteiger partial charge is 0.369 e. The van der Waals surface area contributed by atoms with Crippen LogP contribution in [0.15, 0.2) is 12.1 Å². The summed E-state index contributed by atoms with van der Waals surface area (Å²) in [4.78, 5) is 11.7. The maximum Gasteiger partial charge on any atom is 0.246 e. The van der Waals surface area contributed by atoms with Gasteiger partial charge in [0, 0.05) is 0 Å². The van der Waals surface area contributed by atoms with E-state index in [0.717, 1.165) is 6.07 Å². The fourth-order valence-electron chi connectivity index (χ4n) is 1.89. The molecule has 1 atom stereocenters. The number of amides is 1. The molecule has 0 saturated heterocycles. The number of hydrogen-bond acceptors (Lipinski definition) is 2. The SMILES string of the molecule is CC(C)CC1Nc2c(ccc(F)c2F)NC1=O. The number of nitrogens with one attached hydrogen (secondary N) is 2. The summed E-state index contributed by atoms with van der Waals surface area (Å²) in [5.74, 6) is -1.79. The predicted octanol–water partition coefficient (Wildman–Crippen LogP) is 2.74. The minimum absolute atomic E-state index is 0.0373. The summed E-state index contributed by atoms with van der Waals surface area (Å²) < 4.78 is 26.6. The highest BCUT2D eigenvalue weighted by molar-refractivity contribution is 6.03. The number of carbonyl (C=O) groups excluding carboxylic acids is 1. The Kier molecular flexibility index (Phi) is 3.00. The highest BCUT2D eigenvalue weighted by Gasteiger charge is 2.28. The van der Waals surface area contributed by atoms with Crippen LogP contribution in [0.25, 0.3) is 0 Å². The molecular formula is C12H14F2N2O. The quantitative estimate of drug-likeness (QED) is 0.834. The molecule has 5 heteroatoms. The predicted molar refractivity (Wildman–Crippen MR) is 61.9 cm³/mol. The highest BCUT2D eigenvalue weighted by Crippen LogP contribution is 2.32. The summed E-state index contributed by atoms with van der Waals surface area (Å²) in [6, 6.07) is 1.84. The van der Waals surface area contributed by atoms with E-state index in [1.54, 1.807) is 0 Å². The van der Waals surface area contributed by atoms with Crippen molar-refractivity contribution >= 4 is 17.3 Å². The molecule has 0 saturated carbocycles. The number of rotatable bonds is 2. The summed E-state index contributed by atoms with van der Waals surface area (Å²) in [7, 11) is 0. The van der Waals surface area contributed by atoms with Crippen LogP contribution < -0.4 is 10.6 Å². The van der Waals surface area contributed by atoms with Gasteiger partial charge in [-0.3, -0.25) is 4.79 Å². The summed E-state index contributed by atoms with van der Waals surface area (Å²) in [6.07, 6.45) is 0.571. The molecule has 0 spiro atoms. The van der Waals surface area contributed by atoms with Gasteiger partial charge in [-0.1, -0.05) is 13.8 Å². The van der Waals surface area contributed by atoms with Gasteiger partial charge in [0.15, 0.2) is 11.6 Å². The van der Waals surface area contributed by atoms with Gasteiger partial charge in [-0.2, -0.15) is 0 Å². The van der Waals surface area contributed by atoms with E-state index in [1.165, 1.54) is 6.07 Å². The average Bonchev–Trinajstić information content (AvgIpc) is 2.25. The Hall–Kier alpha value is -1.65. The molecule has 1 aliphatic rings. The summed E-state index contributed by atoms with van der Waals surface area (Å²) in [6.45, 7) is 3.93. The molecular weight excluding hydrogens is 226 g/mol. The third-order valence-corrected chi connectivity index (χ3v) is 2.69. The Balaban J connectivity index is 2.32. The first-order valence-electron chi connectivity index (χ1n) is 5.54. The van der Waals surface area contributed by atoms with Gasteiger partial charge in [0.05, 0.1) is 11.4 Å². The van der Waals surface area contributed by atoms with Crippen LogP contribution in [0.4, 0.5) is 20.2 Å². The first-order valence-corrected chi connectivity index (χ1v) is 5.54. The molecule has 2 N–H and O–H groups in total. The second kappa shape index (κ2) is 4.31. The maximum atomic E-state index is 13.5. The van der Waals surface area contributed by atoms with Gasteiger partial charge in [-0.05, 0) is 24.5 Å². The number of halogens is 2. The normalized spacial score (nSPS) is 18.6. The van der Waals surface area contributed by atoms with Crippen LogP contribution in [-0.4, -0.2) is 11.9 Å². The zero-order chi connectivity index (χ0) is 12.6. The number of carbonyl (C=O) groups is 1. The molecule has 17 heavy (non-hydrogen) atoms. The molecule has 0 aliphatic carbocycles. The molecule has 1 unspecified atom stereocenters. The van der Waals surface area contributed by atoms with Crippen molar-refractivity contribution in [3.8, 4) is 0 Å². The number of benzene rings is 1. The van der Waals surface area contributed by atoms with Crippen molar-refractivity contribution in [1.29, 1.82) is 0 Å².